The average molecular weight is 268 g/mol. The molecule has 106 valence electrons. The number of pyridine rings is 1. The molecule has 1 aromatic heterocycles. The number of halogens is 1. The maximum atomic E-state index is 13.8. The summed E-state index contributed by atoms with van der Waals surface area (Å²) in [7, 11) is 5.57. The first kappa shape index (κ1) is 15.4. The lowest BCUT2D eigenvalue weighted by Crippen LogP contribution is -2.26. The smallest absolute Gasteiger partial charge is 0.254 e. The van der Waals surface area contributed by atoms with Crippen LogP contribution in [0.1, 0.15) is 23.2 Å². The molecule has 0 aliphatic carbocycles. The lowest BCUT2D eigenvalue weighted by Gasteiger charge is -2.10. The third-order valence-corrected chi connectivity index (χ3v) is 2.69. The van der Waals surface area contributed by atoms with Crippen LogP contribution in [0.2, 0.25) is 0 Å². The molecule has 19 heavy (non-hydrogen) atoms. The van der Waals surface area contributed by atoms with Crippen LogP contribution < -0.4 is 10.6 Å². The maximum Gasteiger partial charge on any atom is 0.254 e. The molecule has 6 heteroatoms. The van der Waals surface area contributed by atoms with Gasteiger partial charge in [-0.2, -0.15) is 0 Å². The van der Waals surface area contributed by atoms with Crippen LogP contribution in [-0.2, 0) is 0 Å². The van der Waals surface area contributed by atoms with E-state index in [0.29, 0.717) is 6.54 Å². The molecule has 1 aromatic rings. The fourth-order valence-electron chi connectivity index (χ4n) is 1.64. The van der Waals surface area contributed by atoms with Gasteiger partial charge in [0.05, 0.1) is 5.56 Å². The topological polar surface area (TPSA) is 57.3 Å². The van der Waals surface area contributed by atoms with Gasteiger partial charge in [0.25, 0.3) is 5.91 Å². The largest absolute Gasteiger partial charge is 0.371 e. The molecule has 0 saturated heterocycles. The van der Waals surface area contributed by atoms with Gasteiger partial charge in [0.2, 0.25) is 0 Å². The van der Waals surface area contributed by atoms with Crippen LogP contribution >= 0.6 is 0 Å². The molecule has 0 spiro atoms. The highest BCUT2D eigenvalue weighted by molar-refractivity contribution is 5.95. The lowest BCUT2D eigenvalue weighted by molar-refractivity contribution is 0.0948. The minimum atomic E-state index is -0.615. The molecule has 0 aliphatic heterocycles. The molecule has 1 rings (SSSR count). The normalized spacial score (nSPS) is 10.6. The minimum Gasteiger partial charge on any atom is -0.371 e. The SMILES string of the molecule is CNc1nccc(C(=O)NCCCCN(C)C)c1F. The van der Waals surface area contributed by atoms with E-state index in [9.17, 15) is 9.18 Å². The molecular weight excluding hydrogens is 247 g/mol. The molecule has 0 unspecified atom stereocenters. The number of rotatable bonds is 7. The summed E-state index contributed by atoms with van der Waals surface area (Å²) in [6, 6.07) is 1.38. The number of nitrogens with zero attached hydrogens (tertiary/aromatic N) is 2. The summed E-state index contributed by atoms with van der Waals surface area (Å²) in [5, 5.41) is 5.32. The molecular formula is C13H21FN4O. The van der Waals surface area contributed by atoms with Gasteiger partial charge in [-0.3, -0.25) is 4.79 Å². The second-order valence-corrected chi connectivity index (χ2v) is 4.54. The number of hydrogen-bond donors (Lipinski definition) is 2. The van der Waals surface area contributed by atoms with E-state index in [2.05, 4.69) is 20.5 Å². The first-order valence-corrected chi connectivity index (χ1v) is 6.31. The van der Waals surface area contributed by atoms with Gasteiger partial charge in [-0.1, -0.05) is 0 Å². The van der Waals surface area contributed by atoms with Crippen LogP contribution in [0.5, 0.6) is 0 Å². The number of amides is 1. The summed E-state index contributed by atoms with van der Waals surface area (Å²) in [4.78, 5) is 17.7. The van der Waals surface area contributed by atoms with E-state index in [4.69, 9.17) is 0 Å². The van der Waals surface area contributed by atoms with E-state index >= 15 is 0 Å². The van der Waals surface area contributed by atoms with E-state index < -0.39 is 11.7 Å². The van der Waals surface area contributed by atoms with Gasteiger partial charge in [0.15, 0.2) is 11.6 Å². The minimum absolute atomic E-state index is 0.0203. The Morgan fingerprint density at radius 1 is 1.42 bits per heavy atom. The zero-order valence-electron chi connectivity index (χ0n) is 11.7. The third kappa shape index (κ3) is 4.82. The number of carbonyl (C=O) groups is 1. The summed E-state index contributed by atoms with van der Waals surface area (Å²) >= 11 is 0. The van der Waals surface area contributed by atoms with Crippen molar-refractivity contribution in [1.29, 1.82) is 0 Å². The molecule has 0 fully saturated rings. The highest BCUT2D eigenvalue weighted by Crippen LogP contribution is 2.14. The van der Waals surface area contributed by atoms with Gasteiger partial charge >= 0.3 is 0 Å². The van der Waals surface area contributed by atoms with E-state index in [0.717, 1.165) is 19.4 Å². The number of unbranched alkanes of at least 4 members (excludes halogenated alkanes) is 1. The quantitative estimate of drug-likeness (QED) is 0.733. The molecule has 0 atom stereocenters. The lowest BCUT2D eigenvalue weighted by atomic mass is 10.2. The summed E-state index contributed by atoms with van der Waals surface area (Å²) in [6.07, 6.45) is 3.28. The second kappa shape index (κ2) is 7.68. The Kier molecular flexibility index (Phi) is 6.21. The molecule has 0 radical (unpaired) electrons. The summed E-state index contributed by atoms with van der Waals surface area (Å²) < 4.78 is 13.8. The van der Waals surface area contributed by atoms with E-state index in [1.54, 1.807) is 7.05 Å². The Morgan fingerprint density at radius 2 is 2.16 bits per heavy atom. The Hall–Kier alpha value is -1.69. The van der Waals surface area contributed by atoms with E-state index in [-0.39, 0.29) is 11.4 Å². The van der Waals surface area contributed by atoms with Crippen molar-refractivity contribution >= 4 is 11.7 Å². The summed E-state index contributed by atoms with van der Waals surface area (Å²) in [6.45, 7) is 1.52. The van der Waals surface area contributed by atoms with Crippen LogP contribution in [0, 0.1) is 5.82 Å². The number of anilines is 1. The predicted molar refractivity (Wildman–Crippen MR) is 73.9 cm³/mol. The number of hydrogen-bond acceptors (Lipinski definition) is 4. The van der Waals surface area contributed by atoms with Crippen molar-refractivity contribution in [3.63, 3.8) is 0 Å². The van der Waals surface area contributed by atoms with Gasteiger partial charge in [0.1, 0.15) is 0 Å². The Balaban J connectivity index is 2.46. The first-order valence-electron chi connectivity index (χ1n) is 6.31. The maximum absolute atomic E-state index is 13.8. The molecule has 5 nitrogen and oxygen atoms in total. The van der Waals surface area contributed by atoms with Crippen molar-refractivity contribution in [3.05, 3.63) is 23.6 Å². The molecule has 1 heterocycles. The van der Waals surface area contributed by atoms with Gasteiger partial charge in [-0.05, 0) is 39.5 Å². The Morgan fingerprint density at radius 3 is 2.79 bits per heavy atom. The molecule has 0 bridgehead atoms. The van der Waals surface area contributed by atoms with Crippen molar-refractivity contribution in [2.45, 2.75) is 12.8 Å². The highest BCUT2D eigenvalue weighted by Gasteiger charge is 2.14. The average Bonchev–Trinajstić information content (AvgIpc) is 2.38. The fraction of sp³-hybridized carbons (Fsp3) is 0.538. The van der Waals surface area contributed by atoms with Gasteiger partial charge in [0, 0.05) is 19.8 Å². The van der Waals surface area contributed by atoms with Crippen LogP contribution in [0.4, 0.5) is 10.2 Å². The van der Waals surface area contributed by atoms with Crippen LogP contribution in [0.25, 0.3) is 0 Å². The number of aromatic nitrogens is 1. The van der Waals surface area contributed by atoms with Gasteiger partial charge in [-0.15, -0.1) is 0 Å². The van der Waals surface area contributed by atoms with Crippen LogP contribution in [-0.4, -0.2) is 50.0 Å². The molecule has 1 amide bonds. The molecule has 0 saturated carbocycles. The molecule has 2 N–H and O–H groups in total. The van der Waals surface area contributed by atoms with Crippen molar-refractivity contribution in [2.24, 2.45) is 0 Å². The van der Waals surface area contributed by atoms with Gasteiger partial charge < -0.3 is 15.5 Å². The zero-order valence-corrected chi connectivity index (χ0v) is 11.7. The fourth-order valence-corrected chi connectivity index (χ4v) is 1.64. The van der Waals surface area contributed by atoms with E-state index in [1.165, 1.54) is 12.3 Å². The summed E-state index contributed by atoms with van der Waals surface area (Å²) in [5.74, 6) is -0.933. The van der Waals surface area contributed by atoms with Gasteiger partial charge in [-0.25, -0.2) is 9.37 Å². The van der Waals surface area contributed by atoms with Crippen molar-refractivity contribution in [3.8, 4) is 0 Å². The Bertz CT molecular complexity index is 423. The summed E-state index contributed by atoms with van der Waals surface area (Å²) in [5.41, 5.74) is 0.0203. The third-order valence-electron chi connectivity index (χ3n) is 2.69. The van der Waals surface area contributed by atoms with Crippen LogP contribution in [0.15, 0.2) is 12.3 Å². The molecule has 0 aliphatic rings. The monoisotopic (exact) mass is 268 g/mol. The zero-order chi connectivity index (χ0) is 14.3. The highest BCUT2D eigenvalue weighted by atomic mass is 19.1. The first-order chi connectivity index (χ1) is 9.06. The standard InChI is InChI=1S/C13H21FN4O/c1-15-12-11(14)10(6-8-16-12)13(19)17-7-4-5-9-18(2)3/h6,8H,4-5,7,9H2,1-3H3,(H,15,16)(H,17,19). The van der Waals surface area contributed by atoms with Crippen LogP contribution in [0.3, 0.4) is 0 Å². The van der Waals surface area contributed by atoms with Crippen molar-refractivity contribution in [1.82, 2.24) is 15.2 Å². The Labute approximate surface area is 113 Å². The second-order valence-electron chi connectivity index (χ2n) is 4.54. The molecule has 0 aromatic carbocycles. The predicted octanol–water partition coefficient (Wildman–Crippen LogP) is 1.33. The number of nitrogens with one attached hydrogen (secondary N) is 2. The number of carbonyl (C=O) groups excluding carboxylic acids is 1. The van der Waals surface area contributed by atoms with Crippen molar-refractivity contribution in [2.75, 3.05) is 39.5 Å². The van der Waals surface area contributed by atoms with Crippen molar-refractivity contribution < 1.29 is 9.18 Å². The van der Waals surface area contributed by atoms with E-state index in [1.807, 2.05) is 14.1 Å².